The standard InChI is InChI=1S/C15H21N3OS/c1-4-11-6-8-12(9-7-11)10(3)17-15-13(19-5-2)14(16)18-20-15/h6-10,17H,4-5H2,1-3H3,(H2,16,18). The van der Waals surface area contributed by atoms with Gasteiger partial charge in [-0.05, 0) is 42.9 Å². The lowest BCUT2D eigenvalue weighted by Gasteiger charge is -2.15. The summed E-state index contributed by atoms with van der Waals surface area (Å²) >= 11 is 1.34. The summed E-state index contributed by atoms with van der Waals surface area (Å²) in [4.78, 5) is 0. The van der Waals surface area contributed by atoms with Gasteiger partial charge in [-0.2, -0.15) is 4.37 Å². The van der Waals surface area contributed by atoms with Gasteiger partial charge in [0.25, 0.3) is 0 Å². The van der Waals surface area contributed by atoms with Crippen LogP contribution in [-0.4, -0.2) is 11.0 Å². The van der Waals surface area contributed by atoms with Crippen molar-refractivity contribution in [1.29, 1.82) is 0 Å². The first-order valence-corrected chi connectivity index (χ1v) is 7.66. The van der Waals surface area contributed by atoms with Crippen LogP contribution >= 0.6 is 11.5 Å². The summed E-state index contributed by atoms with van der Waals surface area (Å²) in [5.41, 5.74) is 8.39. The Hall–Kier alpha value is -1.75. The highest BCUT2D eigenvalue weighted by Gasteiger charge is 2.15. The van der Waals surface area contributed by atoms with Gasteiger partial charge in [0.05, 0.1) is 6.61 Å². The molecule has 1 aromatic carbocycles. The van der Waals surface area contributed by atoms with Gasteiger partial charge in [-0.3, -0.25) is 0 Å². The third-order valence-corrected chi connectivity index (χ3v) is 3.97. The number of aryl methyl sites for hydroxylation is 1. The molecule has 2 rings (SSSR count). The molecule has 0 spiro atoms. The first kappa shape index (κ1) is 14.7. The second kappa shape index (κ2) is 6.61. The maximum atomic E-state index is 5.81. The molecule has 0 aliphatic heterocycles. The zero-order valence-corrected chi connectivity index (χ0v) is 13.0. The van der Waals surface area contributed by atoms with Crippen LogP contribution in [0.15, 0.2) is 24.3 Å². The smallest absolute Gasteiger partial charge is 0.197 e. The van der Waals surface area contributed by atoms with Crippen molar-refractivity contribution >= 4 is 22.4 Å². The lowest BCUT2D eigenvalue weighted by molar-refractivity contribution is 0.344. The summed E-state index contributed by atoms with van der Waals surface area (Å²) in [6, 6.07) is 8.82. The largest absolute Gasteiger partial charge is 0.487 e. The number of aromatic nitrogens is 1. The normalized spacial score (nSPS) is 12.2. The maximum Gasteiger partial charge on any atom is 0.197 e. The Morgan fingerprint density at radius 3 is 2.60 bits per heavy atom. The number of ether oxygens (including phenoxy) is 1. The Labute approximate surface area is 124 Å². The van der Waals surface area contributed by atoms with Crippen molar-refractivity contribution < 1.29 is 4.74 Å². The lowest BCUT2D eigenvalue weighted by atomic mass is 10.1. The van der Waals surface area contributed by atoms with Crippen molar-refractivity contribution in [3.05, 3.63) is 35.4 Å². The molecule has 0 saturated carbocycles. The van der Waals surface area contributed by atoms with Crippen molar-refractivity contribution in [1.82, 2.24) is 4.37 Å². The van der Waals surface area contributed by atoms with Crippen LogP contribution < -0.4 is 15.8 Å². The van der Waals surface area contributed by atoms with Crippen LogP contribution in [0.1, 0.15) is 37.9 Å². The van der Waals surface area contributed by atoms with Crippen molar-refractivity contribution in [3.63, 3.8) is 0 Å². The molecule has 0 radical (unpaired) electrons. The molecule has 108 valence electrons. The van der Waals surface area contributed by atoms with Crippen molar-refractivity contribution in [2.75, 3.05) is 17.7 Å². The van der Waals surface area contributed by atoms with E-state index in [0.717, 1.165) is 11.4 Å². The number of rotatable bonds is 6. The molecule has 0 saturated heterocycles. The van der Waals surface area contributed by atoms with Crippen LogP contribution in [0.4, 0.5) is 10.8 Å². The fraction of sp³-hybridized carbons (Fsp3) is 0.400. The highest BCUT2D eigenvalue weighted by Crippen LogP contribution is 2.37. The fourth-order valence-electron chi connectivity index (χ4n) is 1.99. The van der Waals surface area contributed by atoms with Crippen LogP contribution in [0.3, 0.4) is 0 Å². The van der Waals surface area contributed by atoms with E-state index in [9.17, 15) is 0 Å². The molecular weight excluding hydrogens is 270 g/mol. The predicted molar refractivity (Wildman–Crippen MR) is 85.6 cm³/mol. The van der Waals surface area contributed by atoms with E-state index in [1.54, 1.807) is 0 Å². The summed E-state index contributed by atoms with van der Waals surface area (Å²) in [5.74, 6) is 1.11. The fourth-order valence-corrected chi connectivity index (χ4v) is 2.74. The van der Waals surface area contributed by atoms with Gasteiger partial charge in [-0.25, -0.2) is 0 Å². The first-order valence-electron chi connectivity index (χ1n) is 6.89. The van der Waals surface area contributed by atoms with Crippen LogP contribution in [0, 0.1) is 0 Å². The first-order chi connectivity index (χ1) is 9.65. The van der Waals surface area contributed by atoms with Crippen molar-refractivity contribution in [2.45, 2.75) is 33.2 Å². The Kier molecular flexibility index (Phi) is 4.84. The van der Waals surface area contributed by atoms with Crippen LogP contribution in [0.2, 0.25) is 0 Å². The van der Waals surface area contributed by atoms with Gasteiger partial charge in [-0.15, -0.1) is 0 Å². The Morgan fingerprint density at radius 1 is 1.30 bits per heavy atom. The minimum atomic E-state index is 0.181. The molecule has 5 heteroatoms. The second-order valence-corrected chi connectivity index (χ2v) is 5.39. The van der Waals surface area contributed by atoms with E-state index in [2.05, 4.69) is 47.8 Å². The highest BCUT2D eigenvalue weighted by atomic mass is 32.1. The van der Waals surface area contributed by atoms with E-state index in [1.165, 1.54) is 22.7 Å². The zero-order valence-electron chi connectivity index (χ0n) is 12.1. The summed E-state index contributed by atoms with van der Waals surface area (Å²) < 4.78 is 9.68. The van der Waals surface area contributed by atoms with Crippen molar-refractivity contribution in [2.24, 2.45) is 0 Å². The quantitative estimate of drug-likeness (QED) is 0.848. The summed E-state index contributed by atoms with van der Waals surface area (Å²) in [7, 11) is 0. The minimum absolute atomic E-state index is 0.181. The zero-order chi connectivity index (χ0) is 14.5. The Balaban J connectivity index is 2.12. The lowest BCUT2D eigenvalue weighted by Crippen LogP contribution is -2.07. The van der Waals surface area contributed by atoms with Crippen LogP contribution in [0.25, 0.3) is 0 Å². The van der Waals surface area contributed by atoms with Crippen LogP contribution in [-0.2, 0) is 6.42 Å². The molecule has 0 aliphatic rings. The minimum Gasteiger partial charge on any atom is -0.487 e. The van der Waals surface area contributed by atoms with Crippen LogP contribution in [0.5, 0.6) is 5.75 Å². The molecule has 4 nitrogen and oxygen atoms in total. The molecular formula is C15H21N3OS. The molecule has 1 unspecified atom stereocenters. The number of benzene rings is 1. The van der Waals surface area contributed by atoms with E-state index in [1.807, 2.05) is 6.92 Å². The van der Waals surface area contributed by atoms with E-state index in [-0.39, 0.29) is 6.04 Å². The van der Waals surface area contributed by atoms with Gasteiger partial charge in [0.1, 0.15) is 0 Å². The predicted octanol–water partition coefficient (Wildman–Crippen LogP) is 3.86. The van der Waals surface area contributed by atoms with E-state index >= 15 is 0 Å². The molecule has 2 aromatic rings. The van der Waals surface area contributed by atoms with Gasteiger partial charge in [0.2, 0.25) is 0 Å². The number of nitrogens with two attached hydrogens (primary N) is 1. The molecule has 0 bridgehead atoms. The van der Waals surface area contributed by atoms with E-state index in [0.29, 0.717) is 18.2 Å². The molecule has 3 N–H and O–H groups in total. The highest BCUT2D eigenvalue weighted by molar-refractivity contribution is 7.11. The van der Waals surface area contributed by atoms with Gasteiger partial charge in [0.15, 0.2) is 16.6 Å². The summed E-state index contributed by atoms with van der Waals surface area (Å²) in [6.45, 7) is 6.79. The number of anilines is 2. The SMILES string of the molecule is CCOc1c(N)nsc1NC(C)c1ccc(CC)cc1. The topological polar surface area (TPSA) is 60.2 Å². The van der Waals surface area contributed by atoms with Crippen molar-refractivity contribution in [3.8, 4) is 5.75 Å². The van der Waals surface area contributed by atoms with Gasteiger partial charge < -0.3 is 15.8 Å². The van der Waals surface area contributed by atoms with E-state index < -0.39 is 0 Å². The number of nitrogens with zero attached hydrogens (tertiary/aromatic N) is 1. The molecule has 1 aromatic heterocycles. The molecule has 0 amide bonds. The number of nitrogen functional groups attached to an aromatic ring is 1. The number of nitrogens with one attached hydrogen (secondary N) is 1. The molecule has 0 fully saturated rings. The Bertz CT molecular complexity index is 551. The summed E-state index contributed by atoms with van der Waals surface area (Å²) in [6.07, 6.45) is 1.06. The number of hydrogen-bond acceptors (Lipinski definition) is 5. The Morgan fingerprint density at radius 2 is 2.00 bits per heavy atom. The average Bonchev–Trinajstić information content (AvgIpc) is 2.81. The maximum absolute atomic E-state index is 5.81. The molecule has 1 heterocycles. The third-order valence-electron chi connectivity index (χ3n) is 3.20. The molecule has 1 atom stereocenters. The van der Waals surface area contributed by atoms with E-state index in [4.69, 9.17) is 10.5 Å². The molecule has 0 aliphatic carbocycles. The van der Waals surface area contributed by atoms with Gasteiger partial charge in [0, 0.05) is 6.04 Å². The average molecular weight is 291 g/mol. The van der Waals surface area contributed by atoms with Gasteiger partial charge in [-0.1, -0.05) is 31.2 Å². The summed E-state index contributed by atoms with van der Waals surface area (Å²) in [5, 5.41) is 4.31. The third kappa shape index (κ3) is 3.22. The second-order valence-electron chi connectivity index (χ2n) is 4.62. The monoisotopic (exact) mass is 291 g/mol. The van der Waals surface area contributed by atoms with Gasteiger partial charge >= 0.3 is 0 Å². The number of hydrogen-bond donors (Lipinski definition) is 2. The molecule has 20 heavy (non-hydrogen) atoms.